The van der Waals surface area contributed by atoms with Gasteiger partial charge in [0.05, 0.1) is 18.4 Å². The topological polar surface area (TPSA) is 107 Å². The summed E-state index contributed by atoms with van der Waals surface area (Å²) in [5, 5.41) is 13.3. The van der Waals surface area contributed by atoms with E-state index in [4.69, 9.17) is 26.8 Å². The van der Waals surface area contributed by atoms with E-state index in [1.807, 2.05) is 0 Å². The molecule has 0 amide bonds. The molecule has 1 aromatic heterocycles. The van der Waals surface area contributed by atoms with Crippen LogP contribution in [0.1, 0.15) is 13.8 Å². The number of aliphatic hydroxyl groups is 1. The number of nitrogens with one attached hydrogen (secondary N) is 1. The maximum atomic E-state index is 11.9. The molecule has 21 heavy (non-hydrogen) atoms. The zero-order valence-electron chi connectivity index (χ0n) is 12.4. The summed E-state index contributed by atoms with van der Waals surface area (Å²) < 4.78 is 9.89. The molecule has 0 saturated heterocycles. The standard InChI is InChI=1S/C13H20ClN3O4/c1-13(2,21-4)10(18)9(12(19)20-3)17-11-7(15)5-6-8(14)16-11/h5-6,9-10,18H,15H2,1-4H3,(H,16,17)/t9-,10-/m0/s1. The van der Waals surface area contributed by atoms with Crippen LogP contribution in [-0.4, -0.2) is 48.0 Å². The van der Waals surface area contributed by atoms with Crippen molar-refractivity contribution >= 4 is 29.1 Å². The third kappa shape index (κ3) is 4.20. The first-order chi connectivity index (χ1) is 9.72. The molecule has 2 atom stereocenters. The molecule has 1 aromatic rings. The summed E-state index contributed by atoms with van der Waals surface area (Å²) in [5.41, 5.74) is 5.07. The summed E-state index contributed by atoms with van der Waals surface area (Å²) >= 11 is 5.80. The molecule has 0 spiro atoms. The van der Waals surface area contributed by atoms with E-state index in [0.717, 1.165) is 0 Å². The molecular weight excluding hydrogens is 298 g/mol. The molecular formula is C13H20ClN3O4. The maximum Gasteiger partial charge on any atom is 0.331 e. The number of esters is 1. The molecule has 0 saturated carbocycles. The molecule has 0 unspecified atom stereocenters. The summed E-state index contributed by atoms with van der Waals surface area (Å²) in [7, 11) is 2.65. The molecule has 1 rings (SSSR count). The second-order valence-corrected chi connectivity index (χ2v) is 5.36. The van der Waals surface area contributed by atoms with Crippen LogP contribution < -0.4 is 11.1 Å². The van der Waals surface area contributed by atoms with Gasteiger partial charge in [-0.15, -0.1) is 0 Å². The third-order valence-electron chi connectivity index (χ3n) is 3.19. The Bertz CT molecular complexity index is 510. The zero-order valence-corrected chi connectivity index (χ0v) is 13.1. The minimum atomic E-state index is -1.20. The summed E-state index contributed by atoms with van der Waals surface area (Å²) in [6.45, 7) is 3.29. The number of aromatic nitrogens is 1. The predicted molar refractivity (Wildman–Crippen MR) is 80.2 cm³/mol. The lowest BCUT2D eigenvalue weighted by atomic mass is 9.94. The van der Waals surface area contributed by atoms with Crippen LogP contribution >= 0.6 is 11.6 Å². The Labute approximate surface area is 128 Å². The van der Waals surface area contributed by atoms with Gasteiger partial charge in [0.25, 0.3) is 0 Å². The van der Waals surface area contributed by atoms with E-state index in [2.05, 4.69) is 10.3 Å². The summed E-state index contributed by atoms with van der Waals surface area (Å²) in [5.74, 6) is -0.488. The monoisotopic (exact) mass is 317 g/mol. The van der Waals surface area contributed by atoms with E-state index >= 15 is 0 Å². The molecule has 0 fully saturated rings. The number of methoxy groups -OCH3 is 2. The number of anilines is 2. The first-order valence-electron chi connectivity index (χ1n) is 6.22. The number of carbonyl (C=O) groups is 1. The van der Waals surface area contributed by atoms with Gasteiger partial charge in [-0.1, -0.05) is 11.6 Å². The Kier molecular flexibility index (Phi) is 5.77. The van der Waals surface area contributed by atoms with Crippen LogP contribution in [0.3, 0.4) is 0 Å². The number of pyridine rings is 1. The van der Waals surface area contributed by atoms with Crippen molar-refractivity contribution in [1.82, 2.24) is 4.98 Å². The van der Waals surface area contributed by atoms with Gasteiger partial charge in [0.2, 0.25) is 0 Å². The Morgan fingerprint density at radius 3 is 2.62 bits per heavy atom. The fourth-order valence-electron chi connectivity index (χ4n) is 1.62. The molecule has 7 nitrogen and oxygen atoms in total. The number of hydrogen-bond donors (Lipinski definition) is 3. The van der Waals surface area contributed by atoms with Gasteiger partial charge in [-0.05, 0) is 26.0 Å². The van der Waals surface area contributed by atoms with Gasteiger partial charge in [-0.25, -0.2) is 9.78 Å². The Hall–Kier alpha value is -1.57. The first-order valence-corrected chi connectivity index (χ1v) is 6.60. The van der Waals surface area contributed by atoms with Crippen molar-refractivity contribution in [2.24, 2.45) is 0 Å². The lowest BCUT2D eigenvalue weighted by molar-refractivity contribution is -0.151. The number of nitrogen functional groups attached to an aromatic ring is 1. The molecule has 4 N–H and O–H groups in total. The van der Waals surface area contributed by atoms with E-state index in [1.165, 1.54) is 20.3 Å². The predicted octanol–water partition coefficient (Wildman–Crippen LogP) is 1.06. The number of halogens is 1. The second-order valence-electron chi connectivity index (χ2n) is 4.97. The number of carbonyl (C=O) groups excluding carboxylic acids is 1. The fourth-order valence-corrected chi connectivity index (χ4v) is 1.77. The van der Waals surface area contributed by atoms with Gasteiger partial charge < -0.3 is 25.6 Å². The lowest BCUT2D eigenvalue weighted by Crippen LogP contribution is -2.53. The van der Waals surface area contributed by atoms with Crippen LogP contribution in [0.25, 0.3) is 0 Å². The Balaban J connectivity index is 3.09. The second kappa shape index (κ2) is 6.93. The van der Waals surface area contributed by atoms with Crippen LogP contribution in [0.4, 0.5) is 11.5 Å². The van der Waals surface area contributed by atoms with Crippen LogP contribution in [0.5, 0.6) is 0 Å². The van der Waals surface area contributed by atoms with E-state index in [9.17, 15) is 9.90 Å². The fraction of sp³-hybridized carbons (Fsp3) is 0.538. The molecule has 0 aromatic carbocycles. The lowest BCUT2D eigenvalue weighted by Gasteiger charge is -2.34. The van der Waals surface area contributed by atoms with Crippen molar-refractivity contribution in [2.45, 2.75) is 31.6 Å². The summed E-state index contributed by atoms with van der Waals surface area (Å²) in [6.07, 6.45) is -1.20. The highest BCUT2D eigenvalue weighted by molar-refractivity contribution is 6.29. The Morgan fingerprint density at radius 2 is 2.10 bits per heavy atom. The molecule has 0 aliphatic rings. The van der Waals surface area contributed by atoms with Crippen molar-refractivity contribution in [3.63, 3.8) is 0 Å². The Morgan fingerprint density at radius 1 is 1.48 bits per heavy atom. The first kappa shape index (κ1) is 17.5. The molecule has 0 aliphatic carbocycles. The van der Waals surface area contributed by atoms with E-state index in [-0.39, 0.29) is 16.7 Å². The van der Waals surface area contributed by atoms with Crippen LogP contribution in [0.2, 0.25) is 5.15 Å². The molecule has 8 heteroatoms. The van der Waals surface area contributed by atoms with Gasteiger partial charge in [0.1, 0.15) is 11.3 Å². The van der Waals surface area contributed by atoms with Gasteiger partial charge >= 0.3 is 5.97 Å². The SMILES string of the molecule is COC(=O)[C@@H](Nc1nc(Cl)ccc1N)[C@H](O)C(C)(C)OC. The minimum Gasteiger partial charge on any atom is -0.467 e. The molecule has 0 radical (unpaired) electrons. The van der Waals surface area contributed by atoms with E-state index in [0.29, 0.717) is 0 Å². The molecule has 0 aliphatic heterocycles. The van der Waals surface area contributed by atoms with Gasteiger partial charge in [0, 0.05) is 7.11 Å². The number of nitrogens with zero attached hydrogens (tertiary/aromatic N) is 1. The molecule has 1 heterocycles. The highest BCUT2D eigenvalue weighted by atomic mass is 35.5. The van der Waals surface area contributed by atoms with Crippen molar-refractivity contribution in [1.29, 1.82) is 0 Å². The average Bonchev–Trinajstić information content (AvgIpc) is 2.46. The third-order valence-corrected chi connectivity index (χ3v) is 3.40. The highest BCUT2D eigenvalue weighted by Gasteiger charge is 2.39. The van der Waals surface area contributed by atoms with Gasteiger partial charge in [-0.3, -0.25) is 0 Å². The molecule has 0 bridgehead atoms. The summed E-state index contributed by atoms with van der Waals surface area (Å²) in [4.78, 5) is 15.9. The number of aliphatic hydroxyl groups excluding tert-OH is 1. The zero-order chi connectivity index (χ0) is 16.2. The van der Waals surface area contributed by atoms with E-state index in [1.54, 1.807) is 19.9 Å². The number of nitrogens with two attached hydrogens (primary N) is 1. The van der Waals surface area contributed by atoms with Crippen molar-refractivity contribution in [2.75, 3.05) is 25.3 Å². The maximum absolute atomic E-state index is 11.9. The van der Waals surface area contributed by atoms with Crippen LogP contribution in [0, 0.1) is 0 Å². The smallest absolute Gasteiger partial charge is 0.331 e. The molecule has 118 valence electrons. The van der Waals surface area contributed by atoms with Crippen molar-refractivity contribution in [3.05, 3.63) is 17.3 Å². The average molecular weight is 318 g/mol. The van der Waals surface area contributed by atoms with Crippen LogP contribution in [-0.2, 0) is 14.3 Å². The largest absolute Gasteiger partial charge is 0.467 e. The summed E-state index contributed by atoms with van der Waals surface area (Å²) in [6, 6.07) is 1.95. The van der Waals surface area contributed by atoms with Crippen LogP contribution in [0.15, 0.2) is 12.1 Å². The normalized spacial score (nSPS) is 14.4. The highest BCUT2D eigenvalue weighted by Crippen LogP contribution is 2.24. The van der Waals surface area contributed by atoms with E-state index < -0.39 is 23.7 Å². The minimum absolute atomic E-state index is 0.184. The van der Waals surface area contributed by atoms with Gasteiger partial charge in [-0.2, -0.15) is 0 Å². The quantitative estimate of drug-likeness (QED) is 0.532. The number of rotatable bonds is 6. The van der Waals surface area contributed by atoms with Crippen molar-refractivity contribution < 1.29 is 19.4 Å². The van der Waals surface area contributed by atoms with Gasteiger partial charge in [0.15, 0.2) is 11.9 Å². The number of ether oxygens (including phenoxy) is 2. The number of hydrogen-bond acceptors (Lipinski definition) is 7. The van der Waals surface area contributed by atoms with Crippen molar-refractivity contribution in [3.8, 4) is 0 Å².